The van der Waals surface area contributed by atoms with Gasteiger partial charge in [-0.25, -0.2) is 4.79 Å². The summed E-state index contributed by atoms with van der Waals surface area (Å²) in [6, 6.07) is -0.577. The van der Waals surface area contributed by atoms with Crippen molar-refractivity contribution in [2.24, 2.45) is 0 Å². The molecule has 0 unspecified atom stereocenters. The number of aliphatic hydroxyl groups excluding tert-OH is 1. The molecule has 1 aliphatic rings. The number of hydrogen-bond acceptors (Lipinski definition) is 4. The highest BCUT2D eigenvalue weighted by Crippen LogP contribution is 2.22. The molecule has 0 aromatic heterocycles. The number of β-amino-alcohol motifs (C(OH)–C–C–N with tert-alkyl or cyclic N) is 1. The van der Waals surface area contributed by atoms with Crippen LogP contribution in [0.3, 0.4) is 0 Å². The highest BCUT2D eigenvalue weighted by Gasteiger charge is 2.46. The van der Waals surface area contributed by atoms with E-state index >= 15 is 0 Å². The third-order valence-corrected chi connectivity index (χ3v) is 1.81. The maximum absolute atomic E-state index is 11.6. The molecular weight excluding hydrogens is 191 g/mol. The van der Waals surface area contributed by atoms with Crippen molar-refractivity contribution >= 4 is 5.97 Å². The van der Waals surface area contributed by atoms with E-state index in [1.807, 2.05) is 0 Å². The van der Waals surface area contributed by atoms with Gasteiger partial charge in [0.15, 0.2) is 0 Å². The number of alkyl halides is 3. The minimum Gasteiger partial charge on any atom is -0.390 e. The summed E-state index contributed by atoms with van der Waals surface area (Å²) < 4.78 is 34.9. The third kappa shape index (κ3) is 2.10. The van der Waals surface area contributed by atoms with E-state index in [0.29, 0.717) is 0 Å². The average molecular weight is 199 g/mol. The monoisotopic (exact) mass is 199 g/mol. The standard InChI is InChI=1S/C6H8F3NO3/c1-3-4(11)2-10(3)13-5(12)6(7,8)9/h3-4,11H,2H2,1H3/t3-,4+/m1/s1. The summed E-state index contributed by atoms with van der Waals surface area (Å²) >= 11 is 0. The van der Waals surface area contributed by atoms with Crippen molar-refractivity contribution in [3.8, 4) is 0 Å². The number of carbonyl (C=O) groups excluding carboxylic acids is 1. The second-order valence-electron chi connectivity index (χ2n) is 2.78. The number of rotatable bonds is 1. The topological polar surface area (TPSA) is 49.8 Å². The first-order valence-electron chi connectivity index (χ1n) is 3.56. The molecule has 0 saturated carbocycles. The van der Waals surface area contributed by atoms with Crippen LogP contribution in [0.5, 0.6) is 0 Å². The van der Waals surface area contributed by atoms with E-state index in [0.717, 1.165) is 5.06 Å². The number of halogens is 3. The predicted octanol–water partition coefficient (Wildman–Crippen LogP) is 0.0719. The van der Waals surface area contributed by atoms with Crippen molar-refractivity contribution < 1.29 is 27.9 Å². The van der Waals surface area contributed by atoms with Gasteiger partial charge < -0.3 is 9.94 Å². The normalized spacial score (nSPS) is 29.6. The van der Waals surface area contributed by atoms with Gasteiger partial charge in [0, 0.05) is 0 Å². The zero-order valence-corrected chi connectivity index (χ0v) is 6.71. The minimum absolute atomic E-state index is 0.0804. The Labute approximate surface area is 71.8 Å². The largest absolute Gasteiger partial charge is 0.492 e. The van der Waals surface area contributed by atoms with Crippen LogP contribution in [0.2, 0.25) is 0 Å². The zero-order chi connectivity index (χ0) is 10.2. The number of aliphatic hydroxyl groups is 1. The lowest BCUT2D eigenvalue weighted by molar-refractivity contribution is -0.282. The fourth-order valence-corrected chi connectivity index (χ4v) is 0.836. The van der Waals surface area contributed by atoms with Gasteiger partial charge in [-0.2, -0.15) is 13.2 Å². The Morgan fingerprint density at radius 3 is 2.46 bits per heavy atom. The first kappa shape index (κ1) is 10.3. The number of hydrogen-bond donors (Lipinski definition) is 1. The maximum atomic E-state index is 11.6. The lowest BCUT2D eigenvalue weighted by atomic mass is 10.1. The lowest BCUT2D eigenvalue weighted by Crippen LogP contribution is -2.59. The zero-order valence-electron chi connectivity index (χ0n) is 6.71. The molecule has 0 bridgehead atoms. The molecule has 76 valence electrons. The molecule has 0 amide bonds. The molecule has 1 fully saturated rings. The molecule has 1 rings (SSSR count). The molecule has 1 aliphatic heterocycles. The van der Waals surface area contributed by atoms with Crippen LogP contribution in [0, 0.1) is 0 Å². The molecule has 13 heavy (non-hydrogen) atoms. The molecule has 0 aromatic carbocycles. The van der Waals surface area contributed by atoms with Crippen LogP contribution in [0.4, 0.5) is 13.2 Å². The second-order valence-corrected chi connectivity index (χ2v) is 2.78. The SMILES string of the molecule is C[C@@H]1[C@@H](O)CN1OC(=O)C(F)(F)F. The molecule has 0 aliphatic carbocycles. The van der Waals surface area contributed by atoms with E-state index in [2.05, 4.69) is 4.84 Å². The summed E-state index contributed by atoms with van der Waals surface area (Å²) in [6.07, 6.45) is -5.72. The number of nitrogens with zero attached hydrogens (tertiary/aromatic N) is 1. The highest BCUT2D eigenvalue weighted by atomic mass is 19.4. The van der Waals surface area contributed by atoms with Crippen molar-refractivity contribution in [3.63, 3.8) is 0 Å². The summed E-state index contributed by atoms with van der Waals surface area (Å²) in [5, 5.41) is 9.68. The molecule has 0 aromatic rings. The van der Waals surface area contributed by atoms with Gasteiger partial charge in [-0.05, 0) is 6.92 Å². The highest BCUT2D eigenvalue weighted by molar-refractivity contribution is 5.75. The third-order valence-electron chi connectivity index (χ3n) is 1.81. The Morgan fingerprint density at radius 1 is 1.62 bits per heavy atom. The van der Waals surface area contributed by atoms with E-state index in [-0.39, 0.29) is 6.54 Å². The Bertz CT molecular complexity index is 218. The van der Waals surface area contributed by atoms with Crippen LogP contribution in [-0.2, 0) is 9.63 Å². The van der Waals surface area contributed by atoms with E-state index in [1.165, 1.54) is 6.92 Å². The van der Waals surface area contributed by atoms with Crippen LogP contribution in [0.25, 0.3) is 0 Å². The van der Waals surface area contributed by atoms with Crippen LogP contribution in [0.1, 0.15) is 6.92 Å². The smallest absolute Gasteiger partial charge is 0.390 e. The van der Waals surface area contributed by atoms with Crippen molar-refractivity contribution in [3.05, 3.63) is 0 Å². The Hall–Kier alpha value is -0.820. The van der Waals surface area contributed by atoms with Gasteiger partial charge >= 0.3 is 12.1 Å². The second kappa shape index (κ2) is 3.15. The predicted molar refractivity (Wildman–Crippen MR) is 34.3 cm³/mol. The lowest BCUT2D eigenvalue weighted by Gasteiger charge is -2.40. The van der Waals surface area contributed by atoms with Crippen LogP contribution < -0.4 is 0 Å². The summed E-state index contributed by atoms with van der Waals surface area (Å²) in [4.78, 5) is 14.2. The number of carbonyl (C=O) groups is 1. The van der Waals surface area contributed by atoms with Gasteiger partial charge in [0.25, 0.3) is 0 Å². The van der Waals surface area contributed by atoms with E-state index in [9.17, 15) is 18.0 Å². The summed E-state index contributed by atoms with van der Waals surface area (Å²) in [6.45, 7) is 1.38. The first-order valence-corrected chi connectivity index (χ1v) is 3.56. The average Bonchev–Trinajstić information content (AvgIpc) is 2.01. The van der Waals surface area contributed by atoms with E-state index in [1.54, 1.807) is 0 Å². The summed E-state index contributed by atoms with van der Waals surface area (Å²) in [7, 11) is 0. The molecule has 0 spiro atoms. The first-order chi connectivity index (χ1) is 5.82. The van der Waals surface area contributed by atoms with E-state index < -0.39 is 24.3 Å². The van der Waals surface area contributed by atoms with Crippen LogP contribution >= 0.6 is 0 Å². The van der Waals surface area contributed by atoms with Crippen molar-refractivity contribution in [2.45, 2.75) is 25.2 Å². The number of hydroxylamine groups is 2. The Balaban J connectivity index is 2.39. The van der Waals surface area contributed by atoms with Gasteiger partial charge in [-0.1, -0.05) is 0 Å². The van der Waals surface area contributed by atoms with Crippen molar-refractivity contribution in [1.82, 2.24) is 5.06 Å². The van der Waals surface area contributed by atoms with Gasteiger partial charge in [0.1, 0.15) is 0 Å². The Morgan fingerprint density at radius 2 is 2.15 bits per heavy atom. The van der Waals surface area contributed by atoms with Crippen LogP contribution in [0.15, 0.2) is 0 Å². The molecule has 1 N–H and O–H groups in total. The van der Waals surface area contributed by atoms with Gasteiger partial charge in [-0.3, -0.25) is 0 Å². The van der Waals surface area contributed by atoms with Crippen molar-refractivity contribution in [2.75, 3.05) is 6.54 Å². The molecule has 2 atom stereocenters. The maximum Gasteiger partial charge on any atom is 0.492 e. The molecular formula is C6H8F3NO3. The van der Waals surface area contributed by atoms with Gasteiger partial charge in [0.2, 0.25) is 0 Å². The fourth-order valence-electron chi connectivity index (χ4n) is 0.836. The molecule has 4 nitrogen and oxygen atoms in total. The van der Waals surface area contributed by atoms with Gasteiger partial charge in [0.05, 0.1) is 18.7 Å². The van der Waals surface area contributed by atoms with Gasteiger partial charge in [-0.15, -0.1) is 5.06 Å². The molecule has 7 heteroatoms. The molecule has 0 radical (unpaired) electrons. The Kier molecular flexibility index (Phi) is 2.49. The minimum atomic E-state index is -4.99. The summed E-state index contributed by atoms with van der Waals surface area (Å²) in [5.41, 5.74) is 0. The summed E-state index contributed by atoms with van der Waals surface area (Å²) in [5.74, 6) is -2.26. The fraction of sp³-hybridized carbons (Fsp3) is 0.833. The molecule has 1 saturated heterocycles. The quantitative estimate of drug-likeness (QED) is 0.649. The van der Waals surface area contributed by atoms with Crippen molar-refractivity contribution in [1.29, 1.82) is 0 Å². The molecule has 1 heterocycles. The van der Waals surface area contributed by atoms with Crippen LogP contribution in [-0.4, -0.2) is 41.0 Å². The van der Waals surface area contributed by atoms with E-state index in [4.69, 9.17) is 5.11 Å².